The van der Waals surface area contributed by atoms with Crippen molar-refractivity contribution in [3.8, 4) is 0 Å². The zero-order valence-corrected chi connectivity index (χ0v) is 19.8. The van der Waals surface area contributed by atoms with Gasteiger partial charge in [-0.1, -0.05) is 20.8 Å². The minimum absolute atomic E-state index is 0.256. The molecule has 0 aromatic rings. The topological polar surface area (TPSA) is 43.0 Å². The van der Waals surface area contributed by atoms with E-state index in [2.05, 4.69) is 78.2 Å². The molecule has 0 spiro atoms. The normalized spacial score (nSPS) is 31.3. The third kappa shape index (κ3) is 4.18. The van der Waals surface area contributed by atoms with Crippen LogP contribution in [0, 0.1) is 0 Å². The molecule has 0 radical (unpaired) electrons. The van der Waals surface area contributed by atoms with Gasteiger partial charge in [0.2, 0.25) is 0 Å². The SMILES string of the molecule is CC1(C)OB(C2=CNN(C3CCC(O[Si](C)(C)C(C)(C)C)C3)C2)OC1(C)C. The summed E-state index contributed by atoms with van der Waals surface area (Å²) < 4.78 is 19.1. The Morgan fingerprint density at radius 2 is 1.74 bits per heavy atom. The molecule has 2 fully saturated rings. The number of hydrogen-bond donors (Lipinski definition) is 1. The standard InChI is InChI=1S/C20H39BN2O3Si/c1-18(2,3)27(8,9)24-17-11-10-16(12-17)23-14-15(13-22-23)21-25-19(4,5)20(6,7)26-21/h13,16-17,22H,10-12,14H2,1-9H3. The predicted octanol–water partition coefficient (Wildman–Crippen LogP) is 4.26. The maximum Gasteiger partial charge on any atom is 0.493 e. The molecule has 1 N–H and O–H groups in total. The fourth-order valence-corrected chi connectivity index (χ4v) is 5.13. The van der Waals surface area contributed by atoms with Crippen LogP contribution < -0.4 is 5.43 Å². The molecule has 0 aromatic heterocycles. The zero-order chi connectivity index (χ0) is 20.3. The van der Waals surface area contributed by atoms with E-state index in [-0.39, 0.29) is 23.4 Å². The van der Waals surface area contributed by atoms with Crippen molar-refractivity contribution in [2.45, 2.75) is 109 Å². The van der Waals surface area contributed by atoms with Gasteiger partial charge >= 0.3 is 7.12 Å². The number of hydrogen-bond acceptors (Lipinski definition) is 5. The molecule has 2 heterocycles. The zero-order valence-electron chi connectivity index (χ0n) is 18.8. The second-order valence-corrected chi connectivity index (χ2v) is 15.8. The van der Waals surface area contributed by atoms with Crippen LogP contribution >= 0.6 is 0 Å². The molecule has 5 nitrogen and oxygen atoms in total. The summed E-state index contributed by atoms with van der Waals surface area (Å²) in [5.74, 6) is 0. The first-order valence-electron chi connectivity index (χ1n) is 10.5. The first-order chi connectivity index (χ1) is 12.2. The highest BCUT2D eigenvalue weighted by Crippen LogP contribution is 2.41. The Morgan fingerprint density at radius 3 is 2.30 bits per heavy atom. The van der Waals surface area contributed by atoms with Crippen molar-refractivity contribution < 1.29 is 13.7 Å². The highest BCUT2D eigenvalue weighted by Gasteiger charge is 2.53. The minimum Gasteiger partial charge on any atom is -0.414 e. The Balaban J connectivity index is 1.53. The molecule has 154 valence electrons. The summed E-state index contributed by atoms with van der Waals surface area (Å²) in [5.41, 5.74) is 4.06. The summed E-state index contributed by atoms with van der Waals surface area (Å²) in [6.45, 7) is 20.9. The van der Waals surface area contributed by atoms with E-state index in [9.17, 15) is 0 Å². The Morgan fingerprint density at radius 1 is 1.15 bits per heavy atom. The van der Waals surface area contributed by atoms with E-state index in [4.69, 9.17) is 13.7 Å². The van der Waals surface area contributed by atoms with Gasteiger partial charge in [0, 0.05) is 24.9 Å². The molecule has 0 amide bonds. The van der Waals surface area contributed by atoms with Crippen LogP contribution in [0.5, 0.6) is 0 Å². The Hall–Kier alpha value is -0.338. The average molecular weight is 394 g/mol. The molecule has 0 aromatic carbocycles. The van der Waals surface area contributed by atoms with Gasteiger partial charge in [0.25, 0.3) is 0 Å². The lowest BCUT2D eigenvalue weighted by atomic mass is 9.79. The maximum absolute atomic E-state index is 6.65. The smallest absolute Gasteiger partial charge is 0.414 e. The molecule has 3 rings (SSSR count). The van der Waals surface area contributed by atoms with Crippen LogP contribution in [0.2, 0.25) is 18.1 Å². The number of rotatable bonds is 4. The second-order valence-electron chi connectivity index (χ2n) is 11.0. The van der Waals surface area contributed by atoms with Gasteiger partial charge < -0.3 is 19.2 Å². The number of hydrazine groups is 1. The highest BCUT2D eigenvalue weighted by atomic mass is 28.4. The summed E-state index contributed by atoms with van der Waals surface area (Å²) in [4.78, 5) is 0. The third-order valence-electron chi connectivity index (χ3n) is 7.39. The molecule has 2 atom stereocenters. The van der Waals surface area contributed by atoms with Gasteiger partial charge in [-0.15, -0.1) is 0 Å². The van der Waals surface area contributed by atoms with E-state index in [0.29, 0.717) is 12.1 Å². The summed E-state index contributed by atoms with van der Waals surface area (Å²) in [7, 11) is -1.95. The van der Waals surface area contributed by atoms with Crippen molar-refractivity contribution in [1.82, 2.24) is 10.4 Å². The van der Waals surface area contributed by atoms with Crippen molar-refractivity contribution in [2.75, 3.05) is 6.54 Å². The molecule has 1 saturated heterocycles. The van der Waals surface area contributed by atoms with Crippen molar-refractivity contribution in [2.24, 2.45) is 0 Å². The van der Waals surface area contributed by atoms with Crippen LogP contribution in [0.3, 0.4) is 0 Å². The van der Waals surface area contributed by atoms with Gasteiger partial charge in [0.05, 0.1) is 11.2 Å². The fourth-order valence-electron chi connectivity index (χ4n) is 3.73. The molecule has 1 aliphatic carbocycles. The van der Waals surface area contributed by atoms with Gasteiger partial charge in [-0.05, 0) is 70.6 Å². The molecular weight excluding hydrogens is 355 g/mol. The van der Waals surface area contributed by atoms with Crippen molar-refractivity contribution >= 4 is 15.4 Å². The van der Waals surface area contributed by atoms with E-state index >= 15 is 0 Å². The van der Waals surface area contributed by atoms with Crippen LogP contribution in [-0.4, -0.2) is 50.3 Å². The van der Waals surface area contributed by atoms with Crippen molar-refractivity contribution in [1.29, 1.82) is 0 Å². The van der Waals surface area contributed by atoms with Gasteiger partial charge in [-0.2, -0.15) is 0 Å². The third-order valence-corrected chi connectivity index (χ3v) is 11.9. The maximum atomic E-state index is 6.65. The Labute approximate surface area is 167 Å². The van der Waals surface area contributed by atoms with Gasteiger partial charge in [-0.3, -0.25) is 0 Å². The van der Waals surface area contributed by atoms with Crippen molar-refractivity contribution in [3.05, 3.63) is 11.7 Å². The molecule has 0 bridgehead atoms. The van der Waals surface area contributed by atoms with Gasteiger partial charge in [0.15, 0.2) is 8.32 Å². The average Bonchev–Trinajstić information content (AvgIpc) is 3.16. The van der Waals surface area contributed by atoms with Crippen LogP contribution in [0.15, 0.2) is 11.7 Å². The van der Waals surface area contributed by atoms with Crippen LogP contribution in [0.4, 0.5) is 0 Å². The summed E-state index contributed by atoms with van der Waals surface area (Å²) in [5, 5.41) is 2.61. The number of nitrogens with zero attached hydrogens (tertiary/aromatic N) is 1. The lowest BCUT2D eigenvalue weighted by molar-refractivity contribution is 0.00578. The first kappa shape index (κ1) is 21.4. The summed E-state index contributed by atoms with van der Waals surface area (Å²) in [6, 6.07) is 0.510. The van der Waals surface area contributed by atoms with E-state index in [1.165, 1.54) is 11.9 Å². The quantitative estimate of drug-likeness (QED) is 0.722. The second kappa shape index (κ2) is 6.87. The van der Waals surface area contributed by atoms with E-state index in [1.807, 2.05) is 0 Å². The van der Waals surface area contributed by atoms with E-state index < -0.39 is 8.32 Å². The first-order valence-corrected chi connectivity index (χ1v) is 13.4. The molecule has 27 heavy (non-hydrogen) atoms. The largest absolute Gasteiger partial charge is 0.493 e. The fraction of sp³-hybridized carbons (Fsp3) is 0.900. The van der Waals surface area contributed by atoms with E-state index in [0.717, 1.165) is 19.4 Å². The van der Waals surface area contributed by atoms with Crippen LogP contribution in [-0.2, 0) is 13.7 Å². The summed E-state index contributed by atoms with van der Waals surface area (Å²) >= 11 is 0. The lowest BCUT2D eigenvalue weighted by Gasteiger charge is -2.38. The molecule has 2 unspecified atom stereocenters. The Kier molecular flexibility index (Phi) is 5.44. The molecule has 1 saturated carbocycles. The highest BCUT2D eigenvalue weighted by molar-refractivity contribution is 6.74. The monoisotopic (exact) mass is 394 g/mol. The minimum atomic E-state index is -1.70. The van der Waals surface area contributed by atoms with Crippen molar-refractivity contribution in [3.63, 3.8) is 0 Å². The molecule has 2 aliphatic heterocycles. The lowest BCUT2D eigenvalue weighted by Crippen LogP contribution is -2.44. The molecular formula is C20H39BN2O3Si. The van der Waals surface area contributed by atoms with Gasteiger partial charge in [-0.25, -0.2) is 5.01 Å². The summed E-state index contributed by atoms with van der Waals surface area (Å²) in [6.07, 6.45) is 5.89. The van der Waals surface area contributed by atoms with E-state index in [1.54, 1.807) is 0 Å². The molecule has 3 aliphatic rings. The van der Waals surface area contributed by atoms with Crippen LogP contribution in [0.25, 0.3) is 0 Å². The molecule has 7 heteroatoms. The van der Waals surface area contributed by atoms with Gasteiger partial charge in [0.1, 0.15) is 0 Å². The predicted molar refractivity (Wildman–Crippen MR) is 114 cm³/mol. The Bertz CT molecular complexity index is 585. The number of nitrogens with one attached hydrogen (secondary N) is 1. The van der Waals surface area contributed by atoms with Crippen LogP contribution in [0.1, 0.15) is 67.7 Å².